The fraction of sp³-hybridized carbons (Fsp3) is 0.889. The van der Waals surface area contributed by atoms with E-state index in [-0.39, 0.29) is 12.5 Å². The van der Waals surface area contributed by atoms with Crippen molar-refractivity contribution in [3.05, 3.63) is 0 Å². The lowest BCUT2D eigenvalue weighted by atomic mass is 10.2. The summed E-state index contributed by atoms with van der Waals surface area (Å²) in [6, 6.07) is 0. The van der Waals surface area contributed by atoms with Gasteiger partial charge in [-0.25, -0.2) is 0 Å². The van der Waals surface area contributed by atoms with Crippen molar-refractivity contribution < 1.29 is 19.4 Å². The number of carboxylic acids is 1. The molecule has 0 heterocycles. The predicted octanol–water partition coefficient (Wildman–Crippen LogP) is 1.29. The van der Waals surface area contributed by atoms with Gasteiger partial charge in [-0.05, 0) is 19.8 Å². The summed E-state index contributed by atoms with van der Waals surface area (Å²) in [5.74, 6) is -0.771. The lowest BCUT2D eigenvalue weighted by molar-refractivity contribution is -0.137. The highest BCUT2D eigenvalue weighted by Gasteiger charge is 2.04. The van der Waals surface area contributed by atoms with Crippen LogP contribution in [-0.4, -0.2) is 37.5 Å². The third kappa shape index (κ3) is 9.30. The highest BCUT2D eigenvalue weighted by molar-refractivity contribution is 5.66. The van der Waals surface area contributed by atoms with Gasteiger partial charge in [0.1, 0.15) is 0 Å². The minimum absolute atomic E-state index is 0.0213. The van der Waals surface area contributed by atoms with Crippen molar-refractivity contribution in [2.24, 2.45) is 0 Å². The Morgan fingerprint density at radius 1 is 1.46 bits per heavy atom. The van der Waals surface area contributed by atoms with Crippen LogP contribution >= 0.6 is 0 Å². The Labute approximate surface area is 78.8 Å². The van der Waals surface area contributed by atoms with Crippen molar-refractivity contribution in [3.8, 4) is 0 Å². The molecular formula is C9H18O4. The number of carboxylic acid groups (broad SMARTS) is 1. The Bertz CT molecular complexity index is 136. The molecule has 0 aromatic rings. The first-order chi connectivity index (χ1) is 6.16. The molecule has 0 aromatic heterocycles. The van der Waals surface area contributed by atoms with E-state index in [9.17, 15) is 4.79 Å². The van der Waals surface area contributed by atoms with Crippen molar-refractivity contribution >= 4 is 5.97 Å². The first-order valence-electron chi connectivity index (χ1n) is 4.49. The Hall–Kier alpha value is -0.610. The fourth-order valence-electron chi connectivity index (χ4n) is 0.898. The SMILES string of the molecule is COCCCOC(C)CCC(=O)O. The van der Waals surface area contributed by atoms with Gasteiger partial charge in [-0.2, -0.15) is 0 Å². The molecule has 0 amide bonds. The number of hydrogen-bond acceptors (Lipinski definition) is 3. The molecule has 0 aromatic carbocycles. The van der Waals surface area contributed by atoms with Crippen LogP contribution in [0.2, 0.25) is 0 Å². The van der Waals surface area contributed by atoms with Crippen molar-refractivity contribution in [1.82, 2.24) is 0 Å². The molecule has 0 radical (unpaired) electrons. The van der Waals surface area contributed by atoms with Crippen LogP contribution in [0.1, 0.15) is 26.2 Å². The van der Waals surface area contributed by atoms with E-state index in [1.54, 1.807) is 7.11 Å². The van der Waals surface area contributed by atoms with Crippen LogP contribution in [-0.2, 0) is 14.3 Å². The smallest absolute Gasteiger partial charge is 0.303 e. The second-order valence-electron chi connectivity index (χ2n) is 2.96. The molecule has 0 spiro atoms. The van der Waals surface area contributed by atoms with E-state index < -0.39 is 5.97 Å². The number of rotatable bonds is 8. The van der Waals surface area contributed by atoms with E-state index in [1.807, 2.05) is 6.92 Å². The third-order valence-corrected chi connectivity index (χ3v) is 1.66. The van der Waals surface area contributed by atoms with Crippen molar-refractivity contribution in [2.75, 3.05) is 20.3 Å². The molecule has 0 fully saturated rings. The van der Waals surface area contributed by atoms with Gasteiger partial charge in [-0.15, -0.1) is 0 Å². The standard InChI is InChI=1S/C9H18O4/c1-8(4-5-9(10)11)13-7-3-6-12-2/h8H,3-7H2,1-2H3,(H,10,11). The van der Waals surface area contributed by atoms with Gasteiger partial charge in [-0.1, -0.05) is 0 Å². The molecule has 1 N–H and O–H groups in total. The minimum atomic E-state index is -0.771. The Kier molecular flexibility index (Phi) is 7.63. The van der Waals surface area contributed by atoms with Crippen LogP contribution in [0.5, 0.6) is 0 Å². The molecular weight excluding hydrogens is 172 g/mol. The van der Waals surface area contributed by atoms with Gasteiger partial charge in [0.15, 0.2) is 0 Å². The Morgan fingerprint density at radius 2 is 2.15 bits per heavy atom. The third-order valence-electron chi connectivity index (χ3n) is 1.66. The normalized spacial score (nSPS) is 12.8. The molecule has 13 heavy (non-hydrogen) atoms. The van der Waals surface area contributed by atoms with Crippen LogP contribution in [0.25, 0.3) is 0 Å². The maximum atomic E-state index is 10.2. The number of hydrogen-bond donors (Lipinski definition) is 1. The second-order valence-corrected chi connectivity index (χ2v) is 2.96. The molecule has 0 aliphatic heterocycles. The molecule has 0 saturated heterocycles. The second kappa shape index (κ2) is 8.01. The molecule has 0 saturated carbocycles. The van der Waals surface area contributed by atoms with E-state index in [0.29, 0.717) is 19.6 Å². The molecule has 78 valence electrons. The minimum Gasteiger partial charge on any atom is -0.481 e. The maximum Gasteiger partial charge on any atom is 0.303 e. The summed E-state index contributed by atoms with van der Waals surface area (Å²) in [5, 5.41) is 8.40. The van der Waals surface area contributed by atoms with Crippen LogP contribution in [0, 0.1) is 0 Å². The summed E-state index contributed by atoms with van der Waals surface area (Å²) in [6.07, 6.45) is 1.62. The lowest BCUT2D eigenvalue weighted by Gasteiger charge is -2.11. The highest BCUT2D eigenvalue weighted by Crippen LogP contribution is 2.01. The number of ether oxygens (including phenoxy) is 2. The largest absolute Gasteiger partial charge is 0.481 e. The first-order valence-corrected chi connectivity index (χ1v) is 4.49. The van der Waals surface area contributed by atoms with Gasteiger partial charge in [-0.3, -0.25) is 4.79 Å². The van der Waals surface area contributed by atoms with Crippen molar-refractivity contribution in [1.29, 1.82) is 0 Å². The van der Waals surface area contributed by atoms with E-state index in [4.69, 9.17) is 14.6 Å². The maximum absolute atomic E-state index is 10.2. The monoisotopic (exact) mass is 190 g/mol. The van der Waals surface area contributed by atoms with Gasteiger partial charge in [0, 0.05) is 26.7 Å². The fourth-order valence-corrected chi connectivity index (χ4v) is 0.898. The Morgan fingerprint density at radius 3 is 2.69 bits per heavy atom. The van der Waals surface area contributed by atoms with Gasteiger partial charge in [0.25, 0.3) is 0 Å². The molecule has 0 aliphatic carbocycles. The van der Waals surface area contributed by atoms with Crippen LogP contribution in [0.15, 0.2) is 0 Å². The van der Waals surface area contributed by atoms with Crippen molar-refractivity contribution in [2.45, 2.75) is 32.3 Å². The summed E-state index contributed by atoms with van der Waals surface area (Å²) in [7, 11) is 1.65. The summed E-state index contributed by atoms with van der Waals surface area (Å²) in [6.45, 7) is 3.20. The average molecular weight is 190 g/mol. The molecule has 1 atom stereocenters. The number of carbonyl (C=O) groups is 1. The van der Waals surface area contributed by atoms with E-state index in [0.717, 1.165) is 6.42 Å². The zero-order valence-corrected chi connectivity index (χ0v) is 8.28. The summed E-state index contributed by atoms with van der Waals surface area (Å²) >= 11 is 0. The number of aliphatic carboxylic acids is 1. The van der Waals surface area contributed by atoms with Gasteiger partial charge < -0.3 is 14.6 Å². The van der Waals surface area contributed by atoms with Gasteiger partial charge >= 0.3 is 5.97 Å². The molecule has 0 aliphatic rings. The lowest BCUT2D eigenvalue weighted by Crippen LogP contribution is -2.12. The zero-order chi connectivity index (χ0) is 10.1. The molecule has 0 rings (SSSR count). The average Bonchev–Trinajstić information content (AvgIpc) is 2.09. The zero-order valence-electron chi connectivity index (χ0n) is 8.28. The molecule has 4 heteroatoms. The molecule has 0 bridgehead atoms. The van der Waals surface area contributed by atoms with E-state index in [1.165, 1.54) is 0 Å². The number of methoxy groups -OCH3 is 1. The molecule has 4 nitrogen and oxygen atoms in total. The summed E-state index contributed by atoms with van der Waals surface area (Å²) in [4.78, 5) is 10.2. The topological polar surface area (TPSA) is 55.8 Å². The van der Waals surface area contributed by atoms with E-state index >= 15 is 0 Å². The van der Waals surface area contributed by atoms with E-state index in [2.05, 4.69) is 0 Å². The highest BCUT2D eigenvalue weighted by atomic mass is 16.5. The summed E-state index contributed by atoms with van der Waals surface area (Å²) < 4.78 is 10.2. The summed E-state index contributed by atoms with van der Waals surface area (Å²) in [5.41, 5.74) is 0. The van der Waals surface area contributed by atoms with Gasteiger partial charge in [0.05, 0.1) is 6.10 Å². The quantitative estimate of drug-likeness (QED) is 0.586. The van der Waals surface area contributed by atoms with Crippen LogP contribution < -0.4 is 0 Å². The first kappa shape index (κ1) is 12.4. The predicted molar refractivity (Wildman–Crippen MR) is 48.8 cm³/mol. The van der Waals surface area contributed by atoms with Crippen LogP contribution in [0.4, 0.5) is 0 Å². The van der Waals surface area contributed by atoms with Crippen LogP contribution in [0.3, 0.4) is 0 Å². The Balaban J connectivity index is 3.19. The molecule has 1 unspecified atom stereocenters. The van der Waals surface area contributed by atoms with Crippen molar-refractivity contribution in [3.63, 3.8) is 0 Å². The van der Waals surface area contributed by atoms with Gasteiger partial charge in [0.2, 0.25) is 0 Å².